The van der Waals surface area contributed by atoms with Crippen molar-refractivity contribution in [2.24, 2.45) is 10.4 Å². The molecule has 0 spiro atoms. The molecule has 0 amide bonds. The molecule has 1 aliphatic heterocycles. The minimum atomic E-state index is -4.10. The molecule has 0 bridgehead atoms. The van der Waals surface area contributed by atoms with E-state index in [1.54, 1.807) is 48.8 Å². The largest absolute Gasteiger partial charge is 0.493 e. The van der Waals surface area contributed by atoms with Crippen LogP contribution in [0.2, 0.25) is 0 Å². The van der Waals surface area contributed by atoms with E-state index in [0.717, 1.165) is 0 Å². The molecule has 10 nitrogen and oxygen atoms in total. The van der Waals surface area contributed by atoms with Crippen LogP contribution in [0.15, 0.2) is 65.9 Å². The lowest BCUT2D eigenvalue weighted by atomic mass is 9.92. The molecule has 0 saturated heterocycles. The van der Waals surface area contributed by atoms with Gasteiger partial charge >= 0.3 is 0 Å². The zero-order valence-electron chi connectivity index (χ0n) is 19.7. The molecule has 0 saturated carbocycles. The molecule has 11 heteroatoms. The zero-order valence-corrected chi connectivity index (χ0v) is 20.5. The third-order valence-electron chi connectivity index (χ3n) is 5.07. The third-order valence-corrected chi connectivity index (χ3v) is 6.35. The maximum atomic E-state index is 13.3. The van der Waals surface area contributed by atoms with Crippen LogP contribution in [0.5, 0.6) is 23.1 Å². The second kappa shape index (κ2) is 9.71. The summed E-state index contributed by atoms with van der Waals surface area (Å²) in [6.07, 6.45) is 6.45. The van der Waals surface area contributed by atoms with Crippen molar-refractivity contribution < 1.29 is 22.6 Å². The first kappa shape index (κ1) is 24.1. The predicted molar refractivity (Wildman–Crippen MR) is 133 cm³/mol. The highest BCUT2D eigenvalue weighted by Crippen LogP contribution is 2.41. The minimum Gasteiger partial charge on any atom is -0.493 e. The molecule has 0 radical (unpaired) electrons. The number of aliphatic imine (C=N–C) groups is 1. The van der Waals surface area contributed by atoms with Crippen LogP contribution in [0.1, 0.15) is 13.8 Å². The van der Waals surface area contributed by atoms with Gasteiger partial charge < -0.3 is 14.2 Å². The Morgan fingerprint density at radius 3 is 2.31 bits per heavy atom. The minimum absolute atomic E-state index is 0.0256. The quantitative estimate of drug-likeness (QED) is 0.520. The molecule has 1 aliphatic rings. The van der Waals surface area contributed by atoms with Gasteiger partial charge in [-0.2, -0.15) is 13.4 Å². The Hall–Kier alpha value is -3.99. The molecule has 1 N–H and O–H groups in total. The fraction of sp³-hybridized carbons (Fsp3) is 0.250. The molecule has 0 fully saturated rings. The van der Waals surface area contributed by atoms with Gasteiger partial charge in [0.2, 0.25) is 5.75 Å². The van der Waals surface area contributed by atoms with E-state index in [0.29, 0.717) is 23.6 Å². The number of hydrogen-bond acceptors (Lipinski definition) is 9. The Morgan fingerprint density at radius 2 is 1.69 bits per heavy atom. The van der Waals surface area contributed by atoms with E-state index in [-0.39, 0.29) is 33.7 Å². The summed E-state index contributed by atoms with van der Waals surface area (Å²) in [4.78, 5) is 17.1. The Balaban J connectivity index is 1.82. The predicted octanol–water partition coefficient (Wildman–Crippen LogP) is 4.08. The van der Waals surface area contributed by atoms with Crippen molar-refractivity contribution in [3.05, 3.63) is 60.9 Å². The number of nitrogens with one attached hydrogen (secondary N) is 1. The number of sulfonamides is 1. The summed E-state index contributed by atoms with van der Waals surface area (Å²) < 4.78 is 45.9. The van der Waals surface area contributed by atoms with Crippen LogP contribution < -0.4 is 18.9 Å². The molecule has 1 aromatic carbocycles. The number of nitrogens with zero attached hydrogens (tertiary/aromatic N) is 4. The summed E-state index contributed by atoms with van der Waals surface area (Å²) in [7, 11) is -1.19. The standard InChI is InChI=1S/C24H25N5O5S/c1-24(2)12-9-19(26-15-24)35(30,31)29-22-20(34-18-8-6-5-7-17(18)32-3)23(33-4)28-21(27-22)16-10-13-25-14-11-16/h5-14H,15H2,1-4H3,(H,27,28,29). The highest BCUT2D eigenvalue weighted by molar-refractivity contribution is 8.07. The summed E-state index contributed by atoms with van der Waals surface area (Å²) in [5, 5.41) is -0.108. The molecular weight excluding hydrogens is 470 g/mol. The molecular formula is C24H25N5O5S. The summed E-state index contributed by atoms with van der Waals surface area (Å²) >= 11 is 0. The first-order valence-electron chi connectivity index (χ1n) is 10.7. The molecule has 0 atom stereocenters. The van der Waals surface area contributed by atoms with Crippen LogP contribution in [-0.4, -0.2) is 49.2 Å². The van der Waals surface area contributed by atoms with Crippen LogP contribution in [-0.2, 0) is 10.0 Å². The van der Waals surface area contributed by atoms with Gasteiger partial charge in [0.1, 0.15) is 0 Å². The number of ether oxygens (including phenoxy) is 3. The van der Waals surface area contributed by atoms with Crippen molar-refractivity contribution in [3.63, 3.8) is 0 Å². The van der Waals surface area contributed by atoms with E-state index < -0.39 is 10.0 Å². The highest BCUT2D eigenvalue weighted by atomic mass is 32.2. The highest BCUT2D eigenvalue weighted by Gasteiger charge is 2.28. The van der Waals surface area contributed by atoms with E-state index in [1.807, 2.05) is 19.9 Å². The van der Waals surface area contributed by atoms with E-state index in [9.17, 15) is 8.42 Å². The van der Waals surface area contributed by atoms with Crippen molar-refractivity contribution >= 4 is 20.9 Å². The fourth-order valence-corrected chi connectivity index (χ4v) is 4.19. The van der Waals surface area contributed by atoms with Gasteiger partial charge in [0.25, 0.3) is 15.9 Å². The van der Waals surface area contributed by atoms with Gasteiger partial charge in [0, 0.05) is 29.9 Å². The lowest BCUT2D eigenvalue weighted by molar-refractivity contribution is 0.348. The van der Waals surface area contributed by atoms with Crippen molar-refractivity contribution in [2.75, 3.05) is 25.5 Å². The number of benzene rings is 1. The second-order valence-corrected chi connectivity index (χ2v) is 9.93. The van der Waals surface area contributed by atoms with Crippen LogP contribution in [0.25, 0.3) is 11.4 Å². The molecule has 35 heavy (non-hydrogen) atoms. The average molecular weight is 496 g/mol. The SMILES string of the molecule is COc1ccccc1Oc1c(NS(=O)(=O)C2=NCC(C)(C)C=C2)nc(-c2ccncc2)nc1OC. The Bertz CT molecular complexity index is 1390. The molecule has 0 aliphatic carbocycles. The second-order valence-electron chi connectivity index (χ2n) is 8.30. The molecule has 3 aromatic rings. The van der Waals surface area contributed by atoms with Crippen LogP contribution >= 0.6 is 0 Å². The van der Waals surface area contributed by atoms with Crippen LogP contribution in [0.3, 0.4) is 0 Å². The molecule has 2 aromatic heterocycles. The van der Waals surface area contributed by atoms with E-state index in [2.05, 4.69) is 24.7 Å². The Labute approximate surface area is 203 Å². The summed E-state index contributed by atoms with van der Waals surface area (Å²) in [5.41, 5.74) is 0.378. The molecule has 3 heterocycles. The zero-order chi connectivity index (χ0) is 25.1. The van der Waals surface area contributed by atoms with Crippen molar-refractivity contribution in [3.8, 4) is 34.5 Å². The number of para-hydroxylation sites is 2. The maximum Gasteiger partial charge on any atom is 0.280 e. The number of pyridine rings is 1. The van der Waals surface area contributed by atoms with Crippen LogP contribution in [0.4, 0.5) is 5.82 Å². The normalized spacial score (nSPS) is 14.7. The number of methoxy groups -OCH3 is 2. The van der Waals surface area contributed by atoms with Crippen molar-refractivity contribution in [2.45, 2.75) is 13.8 Å². The number of anilines is 1. The topological polar surface area (TPSA) is 125 Å². The molecule has 4 rings (SSSR count). The average Bonchev–Trinajstić information content (AvgIpc) is 2.85. The van der Waals surface area contributed by atoms with Gasteiger partial charge in [-0.15, -0.1) is 0 Å². The van der Waals surface area contributed by atoms with Crippen LogP contribution in [0, 0.1) is 5.41 Å². The van der Waals surface area contributed by atoms with Gasteiger partial charge in [0.05, 0.1) is 14.2 Å². The lowest BCUT2D eigenvalue weighted by Crippen LogP contribution is -2.27. The first-order valence-corrected chi connectivity index (χ1v) is 12.1. The Morgan fingerprint density at radius 1 is 0.971 bits per heavy atom. The summed E-state index contributed by atoms with van der Waals surface area (Å²) in [6.45, 7) is 4.28. The monoisotopic (exact) mass is 495 g/mol. The van der Waals surface area contributed by atoms with Crippen molar-refractivity contribution in [1.29, 1.82) is 0 Å². The fourth-order valence-electron chi connectivity index (χ4n) is 3.21. The number of rotatable bonds is 7. The first-order chi connectivity index (χ1) is 16.7. The van der Waals surface area contributed by atoms with Gasteiger partial charge in [0.15, 0.2) is 28.2 Å². The smallest absolute Gasteiger partial charge is 0.280 e. The number of hydrogen-bond donors (Lipinski definition) is 1. The van der Waals surface area contributed by atoms with Gasteiger partial charge in [-0.3, -0.25) is 14.7 Å². The van der Waals surface area contributed by atoms with E-state index in [4.69, 9.17) is 14.2 Å². The van der Waals surface area contributed by atoms with Gasteiger partial charge in [-0.25, -0.2) is 4.98 Å². The number of aromatic nitrogens is 3. The maximum absolute atomic E-state index is 13.3. The van der Waals surface area contributed by atoms with E-state index in [1.165, 1.54) is 20.3 Å². The molecule has 182 valence electrons. The summed E-state index contributed by atoms with van der Waals surface area (Å²) in [6, 6.07) is 10.3. The van der Waals surface area contributed by atoms with Gasteiger partial charge in [-0.05, 0) is 30.3 Å². The van der Waals surface area contributed by atoms with Gasteiger partial charge in [-0.1, -0.05) is 32.1 Å². The lowest BCUT2D eigenvalue weighted by Gasteiger charge is -2.22. The Kier molecular flexibility index (Phi) is 6.70. The summed E-state index contributed by atoms with van der Waals surface area (Å²) in [5.74, 6) is 0.859. The van der Waals surface area contributed by atoms with E-state index >= 15 is 0 Å². The number of dihydropyridines is 1. The molecule has 0 unspecified atom stereocenters. The third kappa shape index (κ3) is 5.40. The van der Waals surface area contributed by atoms with Crippen molar-refractivity contribution in [1.82, 2.24) is 15.0 Å².